The van der Waals surface area contributed by atoms with Crippen LogP contribution in [0.4, 0.5) is 11.4 Å². The molecule has 5 heteroatoms. The molecule has 5 nitrogen and oxygen atoms in total. The molecule has 1 saturated heterocycles. The zero-order valence-corrected chi connectivity index (χ0v) is 17.0. The van der Waals surface area contributed by atoms with Crippen LogP contribution in [-0.4, -0.2) is 48.6 Å². The summed E-state index contributed by atoms with van der Waals surface area (Å²) in [6.07, 6.45) is 0.788. The van der Waals surface area contributed by atoms with Crippen LogP contribution >= 0.6 is 0 Å². The Morgan fingerprint density at radius 3 is 2.27 bits per heavy atom. The van der Waals surface area contributed by atoms with Crippen LogP contribution in [-0.2, 0) is 11.2 Å². The summed E-state index contributed by atoms with van der Waals surface area (Å²) in [4.78, 5) is 17.0. The van der Waals surface area contributed by atoms with Crippen molar-refractivity contribution in [1.29, 1.82) is 0 Å². The lowest BCUT2D eigenvalue weighted by Crippen LogP contribution is -2.48. The predicted octanol–water partition coefficient (Wildman–Crippen LogP) is 3.74. The maximum atomic E-state index is 12.7. The number of phenols is 1. The van der Waals surface area contributed by atoms with Gasteiger partial charge in [0.15, 0.2) is 0 Å². The molecule has 3 aromatic carbocycles. The second kappa shape index (κ2) is 9.46. The fourth-order valence-electron chi connectivity index (χ4n) is 3.88. The number of benzene rings is 3. The molecular formula is C25H27N3O2. The van der Waals surface area contributed by atoms with Crippen LogP contribution in [0.15, 0.2) is 78.9 Å². The van der Waals surface area contributed by atoms with Gasteiger partial charge in [0.05, 0.1) is 12.2 Å². The van der Waals surface area contributed by atoms with Gasteiger partial charge in [-0.05, 0) is 35.7 Å². The summed E-state index contributed by atoms with van der Waals surface area (Å²) in [6.45, 7) is 3.51. The van der Waals surface area contributed by atoms with E-state index >= 15 is 0 Å². The highest BCUT2D eigenvalue weighted by atomic mass is 16.3. The van der Waals surface area contributed by atoms with E-state index in [4.69, 9.17) is 0 Å². The summed E-state index contributed by atoms with van der Waals surface area (Å²) >= 11 is 0. The molecule has 154 valence electrons. The van der Waals surface area contributed by atoms with Gasteiger partial charge in [-0.25, -0.2) is 0 Å². The lowest BCUT2D eigenvalue weighted by Gasteiger charge is -2.35. The molecule has 0 radical (unpaired) electrons. The molecule has 1 aliphatic heterocycles. The van der Waals surface area contributed by atoms with Crippen LogP contribution < -0.4 is 10.2 Å². The molecule has 0 unspecified atom stereocenters. The number of hydrogen-bond acceptors (Lipinski definition) is 4. The molecule has 1 amide bonds. The van der Waals surface area contributed by atoms with E-state index in [-0.39, 0.29) is 5.91 Å². The first-order valence-electron chi connectivity index (χ1n) is 10.4. The van der Waals surface area contributed by atoms with Gasteiger partial charge in [0, 0.05) is 31.9 Å². The average Bonchev–Trinajstić information content (AvgIpc) is 2.77. The first-order chi connectivity index (χ1) is 14.7. The van der Waals surface area contributed by atoms with Crippen molar-refractivity contribution in [3.63, 3.8) is 0 Å². The highest BCUT2D eigenvalue weighted by molar-refractivity contribution is 5.93. The van der Waals surface area contributed by atoms with Gasteiger partial charge in [-0.1, -0.05) is 60.7 Å². The SMILES string of the molecule is O=C(CN1CCN(c2ccccc2O)CC1)Nc1ccccc1Cc1ccccc1. The highest BCUT2D eigenvalue weighted by Crippen LogP contribution is 2.27. The molecule has 0 bridgehead atoms. The summed E-state index contributed by atoms with van der Waals surface area (Å²) in [5.74, 6) is 0.310. The summed E-state index contributed by atoms with van der Waals surface area (Å²) < 4.78 is 0. The minimum Gasteiger partial charge on any atom is -0.506 e. The normalized spacial score (nSPS) is 14.5. The second-order valence-electron chi connectivity index (χ2n) is 7.62. The van der Waals surface area contributed by atoms with Crippen LogP contribution in [0.1, 0.15) is 11.1 Å². The van der Waals surface area contributed by atoms with Crippen molar-refractivity contribution in [1.82, 2.24) is 4.90 Å². The van der Waals surface area contributed by atoms with Crippen molar-refractivity contribution in [3.05, 3.63) is 90.0 Å². The molecule has 0 atom stereocenters. The van der Waals surface area contributed by atoms with Crippen molar-refractivity contribution in [2.24, 2.45) is 0 Å². The zero-order valence-electron chi connectivity index (χ0n) is 17.0. The molecule has 2 N–H and O–H groups in total. The van der Waals surface area contributed by atoms with Gasteiger partial charge in [-0.3, -0.25) is 9.69 Å². The van der Waals surface area contributed by atoms with Crippen LogP contribution in [0.3, 0.4) is 0 Å². The number of para-hydroxylation sites is 3. The molecule has 0 saturated carbocycles. The number of phenolic OH excluding ortho intramolecular Hbond substituents is 1. The average molecular weight is 402 g/mol. The number of rotatable bonds is 6. The molecule has 0 aliphatic carbocycles. The number of nitrogens with one attached hydrogen (secondary N) is 1. The third-order valence-electron chi connectivity index (χ3n) is 5.49. The van der Waals surface area contributed by atoms with E-state index in [0.29, 0.717) is 12.3 Å². The molecule has 1 aliphatic rings. The van der Waals surface area contributed by atoms with Gasteiger partial charge in [0.1, 0.15) is 5.75 Å². The van der Waals surface area contributed by atoms with E-state index in [1.807, 2.05) is 54.6 Å². The molecule has 3 aromatic rings. The zero-order chi connectivity index (χ0) is 20.8. The van der Waals surface area contributed by atoms with E-state index in [9.17, 15) is 9.90 Å². The molecule has 4 rings (SSSR count). The second-order valence-corrected chi connectivity index (χ2v) is 7.62. The third kappa shape index (κ3) is 4.99. The minimum absolute atomic E-state index is 0.00604. The quantitative estimate of drug-likeness (QED) is 0.661. The Hall–Kier alpha value is -3.31. The lowest BCUT2D eigenvalue weighted by atomic mass is 10.0. The van der Waals surface area contributed by atoms with Crippen molar-refractivity contribution in [2.45, 2.75) is 6.42 Å². The Morgan fingerprint density at radius 1 is 0.833 bits per heavy atom. The van der Waals surface area contributed by atoms with E-state index in [2.05, 4.69) is 33.3 Å². The van der Waals surface area contributed by atoms with E-state index in [0.717, 1.165) is 49.5 Å². The van der Waals surface area contributed by atoms with E-state index in [1.54, 1.807) is 6.07 Å². The van der Waals surface area contributed by atoms with Crippen LogP contribution in [0.5, 0.6) is 5.75 Å². The van der Waals surface area contributed by atoms with Gasteiger partial charge in [0.25, 0.3) is 0 Å². The molecule has 0 spiro atoms. The number of carbonyl (C=O) groups is 1. The minimum atomic E-state index is 0.00604. The predicted molar refractivity (Wildman–Crippen MR) is 121 cm³/mol. The Bertz CT molecular complexity index is 982. The Morgan fingerprint density at radius 2 is 1.50 bits per heavy atom. The first-order valence-corrected chi connectivity index (χ1v) is 10.4. The highest BCUT2D eigenvalue weighted by Gasteiger charge is 2.21. The maximum Gasteiger partial charge on any atom is 0.238 e. The Labute approximate surface area is 177 Å². The fraction of sp³-hybridized carbons (Fsp3) is 0.240. The van der Waals surface area contributed by atoms with Gasteiger partial charge in [0.2, 0.25) is 5.91 Å². The van der Waals surface area contributed by atoms with Gasteiger partial charge in [-0.15, -0.1) is 0 Å². The van der Waals surface area contributed by atoms with Crippen molar-refractivity contribution >= 4 is 17.3 Å². The number of hydrogen-bond donors (Lipinski definition) is 2. The number of anilines is 2. The number of aromatic hydroxyl groups is 1. The smallest absolute Gasteiger partial charge is 0.238 e. The molecule has 1 heterocycles. The monoisotopic (exact) mass is 401 g/mol. The van der Waals surface area contributed by atoms with Crippen LogP contribution in [0.25, 0.3) is 0 Å². The van der Waals surface area contributed by atoms with Crippen LogP contribution in [0, 0.1) is 0 Å². The number of amides is 1. The molecule has 0 aromatic heterocycles. The number of nitrogens with zero attached hydrogens (tertiary/aromatic N) is 2. The summed E-state index contributed by atoms with van der Waals surface area (Å²) in [6, 6.07) is 25.7. The number of carbonyl (C=O) groups excluding carboxylic acids is 1. The van der Waals surface area contributed by atoms with Gasteiger partial charge >= 0.3 is 0 Å². The van der Waals surface area contributed by atoms with Crippen molar-refractivity contribution in [3.8, 4) is 5.75 Å². The Balaban J connectivity index is 1.32. The first kappa shape index (κ1) is 20.0. The standard InChI is InChI=1S/C25H27N3O2/c29-24-13-7-6-12-23(24)28-16-14-27(15-17-28)19-25(30)26-22-11-5-4-10-21(22)18-20-8-2-1-3-9-20/h1-13,29H,14-19H2,(H,26,30). The molecule has 1 fully saturated rings. The Kier molecular flexibility index (Phi) is 6.30. The molecule has 30 heavy (non-hydrogen) atoms. The molecular weight excluding hydrogens is 374 g/mol. The summed E-state index contributed by atoms with van der Waals surface area (Å²) in [5, 5.41) is 13.1. The summed E-state index contributed by atoms with van der Waals surface area (Å²) in [7, 11) is 0. The summed E-state index contributed by atoms with van der Waals surface area (Å²) in [5.41, 5.74) is 4.07. The van der Waals surface area contributed by atoms with Crippen molar-refractivity contribution < 1.29 is 9.90 Å². The van der Waals surface area contributed by atoms with Gasteiger partial charge in [-0.2, -0.15) is 0 Å². The number of piperazine rings is 1. The van der Waals surface area contributed by atoms with Crippen LogP contribution in [0.2, 0.25) is 0 Å². The van der Waals surface area contributed by atoms with Crippen molar-refractivity contribution in [2.75, 3.05) is 42.9 Å². The van der Waals surface area contributed by atoms with E-state index in [1.165, 1.54) is 5.56 Å². The third-order valence-corrected chi connectivity index (χ3v) is 5.49. The largest absolute Gasteiger partial charge is 0.506 e. The topological polar surface area (TPSA) is 55.8 Å². The fourth-order valence-corrected chi connectivity index (χ4v) is 3.88. The van der Waals surface area contributed by atoms with Gasteiger partial charge < -0.3 is 15.3 Å². The van der Waals surface area contributed by atoms with E-state index < -0.39 is 0 Å². The lowest BCUT2D eigenvalue weighted by molar-refractivity contribution is -0.117. The maximum absolute atomic E-state index is 12.7.